The lowest BCUT2D eigenvalue weighted by Gasteiger charge is -2.23. The molecule has 0 bridgehead atoms. The molecule has 0 spiro atoms. The van der Waals surface area contributed by atoms with Crippen LogP contribution in [0.1, 0.15) is 18.4 Å². The number of ether oxygens (including phenoxy) is 1. The molecule has 0 saturated carbocycles. The molecule has 1 aliphatic heterocycles. The summed E-state index contributed by atoms with van der Waals surface area (Å²) in [5.74, 6) is 0.374. The summed E-state index contributed by atoms with van der Waals surface area (Å²) < 4.78 is 5.31. The average molecular weight is 248 g/mol. The summed E-state index contributed by atoms with van der Waals surface area (Å²) in [6.07, 6.45) is 3.03. The fraction of sp³-hybridized carbons (Fsp3) is 0.455. The molecule has 1 aromatic heterocycles. The lowest BCUT2D eigenvalue weighted by Crippen LogP contribution is -2.30. The summed E-state index contributed by atoms with van der Waals surface area (Å²) in [5, 5.41) is 22.6. The van der Waals surface area contributed by atoms with Gasteiger partial charge < -0.3 is 10.1 Å². The molecule has 1 aliphatic rings. The maximum atomic E-state index is 10.6. The number of hydrogen-bond donors (Lipinski definition) is 1. The van der Waals surface area contributed by atoms with Crippen LogP contribution in [0.2, 0.25) is 0 Å². The predicted molar refractivity (Wildman–Crippen MR) is 63.1 cm³/mol. The quantitative estimate of drug-likeness (QED) is 0.641. The van der Waals surface area contributed by atoms with E-state index in [1.807, 2.05) is 6.07 Å². The zero-order chi connectivity index (χ0) is 13.0. The largest absolute Gasteiger partial charge is 0.379 e. The van der Waals surface area contributed by atoms with Crippen molar-refractivity contribution in [3.63, 3.8) is 0 Å². The number of rotatable bonds is 3. The molecule has 1 saturated heterocycles. The lowest BCUT2D eigenvalue weighted by atomic mass is 10.1. The van der Waals surface area contributed by atoms with Crippen molar-refractivity contribution < 1.29 is 9.66 Å². The number of nitrogens with one attached hydrogen (secondary N) is 1. The second-order valence-electron chi connectivity index (χ2n) is 4.02. The van der Waals surface area contributed by atoms with Crippen LogP contribution in [0.4, 0.5) is 11.5 Å². The Morgan fingerprint density at radius 2 is 2.50 bits per heavy atom. The minimum Gasteiger partial charge on any atom is -0.379 e. The zero-order valence-electron chi connectivity index (χ0n) is 9.63. The molecule has 7 heteroatoms. The van der Waals surface area contributed by atoms with Crippen LogP contribution in [0, 0.1) is 21.4 Å². The zero-order valence-corrected chi connectivity index (χ0v) is 9.63. The van der Waals surface area contributed by atoms with Crippen molar-refractivity contribution in [3.8, 4) is 6.07 Å². The first kappa shape index (κ1) is 12.3. The highest BCUT2D eigenvalue weighted by Gasteiger charge is 2.17. The molecule has 1 aromatic rings. The smallest absolute Gasteiger partial charge is 0.289 e. The number of anilines is 1. The van der Waals surface area contributed by atoms with E-state index in [4.69, 9.17) is 10.00 Å². The summed E-state index contributed by atoms with van der Waals surface area (Å²) in [7, 11) is 0. The Labute approximate surface area is 104 Å². The third kappa shape index (κ3) is 2.73. The van der Waals surface area contributed by atoms with Crippen LogP contribution < -0.4 is 5.32 Å². The Hall–Kier alpha value is -2.20. The standard InChI is InChI=1S/C11H12N4O3/c12-5-8-4-10(15(16)17)6-13-11(8)14-9-2-1-3-18-7-9/h4,6,9H,1-3,7H2,(H,13,14). The molecule has 0 aromatic carbocycles. The van der Waals surface area contributed by atoms with Crippen LogP contribution in [-0.2, 0) is 4.74 Å². The van der Waals surface area contributed by atoms with Crippen molar-refractivity contribution in [2.45, 2.75) is 18.9 Å². The molecule has 2 heterocycles. The summed E-state index contributed by atoms with van der Waals surface area (Å²) >= 11 is 0. The molecular weight excluding hydrogens is 236 g/mol. The van der Waals surface area contributed by atoms with Gasteiger partial charge in [0.1, 0.15) is 23.6 Å². The normalized spacial score (nSPS) is 18.9. The van der Waals surface area contributed by atoms with E-state index < -0.39 is 4.92 Å². The fourth-order valence-electron chi connectivity index (χ4n) is 1.80. The van der Waals surface area contributed by atoms with Gasteiger partial charge in [0.25, 0.3) is 5.69 Å². The molecule has 1 unspecified atom stereocenters. The molecule has 1 atom stereocenters. The maximum Gasteiger partial charge on any atom is 0.289 e. The van der Waals surface area contributed by atoms with Crippen LogP contribution in [-0.4, -0.2) is 29.2 Å². The molecule has 0 amide bonds. The van der Waals surface area contributed by atoms with Crippen molar-refractivity contribution in [1.82, 2.24) is 4.98 Å². The van der Waals surface area contributed by atoms with E-state index in [9.17, 15) is 10.1 Å². The van der Waals surface area contributed by atoms with E-state index in [1.54, 1.807) is 0 Å². The molecule has 2 rings (SSSR count). The second kappa shape index (κ2) is 5.42. The lowest BCUT2D eigenvalue weighted by molar-refractivity contribution is -0.385. The molecular formula is C11H12N4O3. The highest BCUT2D eigenvalue weighted by Crippen LogP contribution is 2.20. The van der Waals surface area contributed by atoms with E-state index in [1.165, 1.54) is 6.07 Å². The topological polar surface area (TPSA) is 101 Å². The molecule has 0 radical (unpaired) electrons. The Balaban J connectivity index is 2.17. The van der Waals surface area contributed by atoms with Gasteiger partial charge in [0.05, 0.1) is 17.6 Å². The van der Waals surface area contributed by atoms with Crippen LogP contribution in [0.15, 0.2) is 12.3 Å². The Bertz CT molecular complexity index is 492. The summed E-state index contributed by atoms with van der Waals surface area (Å²) in [6, 6.07) is 3.23. The number of nitrogens with zero attached hydrogens (tertiary/aromatic N) is 3. The number of nitriles is 1. The molecule has 94 valence electrons. The van der Waals surface area contributed by atoms with Crippen molar-refractivity contribution >= 4 is 11.5 Å². The van der Waals surface area contributed by atoms with Gasteiger partial charge in [-0.3, -0.25) is 10.1 Å². The fourth-order valence-corrected chi connectivity index (χ4v) is 1.80. The van der Waals surface area contributed by atoms with E-state index in [2.05, 4.69) is 10.3 Å². The summed E-state index contributed by atoms with van der Waals surface area (Å²) in [5.41, 5.74) is -0.00762. The van der Waals surface area contributed by atoms with Gasteiger partial charge in [-0.25, -0.2) is 4.98 Å². The van der Waals surface area contributed by atoms with E-state index >= 15 is 0 Å². The van der Waals surface area contributed by atoms with Gasteiger partial charge in [-0.1, -0.05) is 0 Å². The van der Waals surface area contributed by atoms with Gasteiger partial charge in [-0.05, 0) is 12.8 Å². The first-order chi connectivity index (χ1) is 8.70. The third-order valence-corrected chi connectivity index (χ3v) is 2.71. The third-order valence-electron chi connectivity index (χ3n) is 2.71. The number of pyridine rings is 1. The minimum atomic E-state index is -0.568. The molecule has 0 aliphatic carbocycles. The summed E-state index contributed by atoms with van der Waals surface area (Å²) in [4.78, 5) is 14.0. The van der Waals surface area contributed by atoms with E-state index in [0.717, 1.165) is 25.6 Å². The highest BCUT2D eigenvalue weighted by atomic mass is 16.6. The average Bonchev–Trinajstić information content (AvgIpc) is 2.40. The molecule has 7 nitrogen and oxygen atoms in total. The number of aromatic nitrogens is 1. The SMILES string of the molecule is N#Cc1cc([N+](=O)[O-])cnc1NC1CCCOC1. The second-order valence-corrected chi connectivity index (χ2v) is 4.02. The van der Waals surface area contributed by atoms with E-state index in [-0.39, 0.29) is 17.3 Å². The molecule has 18 heavy (non-hydrogen) atoms. The predicted octanol–water partition coefficient (Wildman–Crippen LogP) is 1.45. The van der Waals surface area contributed by atoms with Crippen molar-refractivity contribution in [1.29, 1.82) is 5.26 Å². The Kier molecular flexibility index (Phi) is 3.69. The van der Waals surface area contributed by atoms with Crippen LogP contribution in [0.25, 0.3) is 0 Å². The maximum absolute atomic E-state index is 10.6. The van der Waals surface area contributed by atoms with Crippen molar-refractivity contribution in [2.24, 2.45) is 0 Å². The van der Waals surface area contributed by atoms with Gasteiger partial charge in [-0.2, -0.15) is 5.26 Å². The Morgan fingerprint density at radius 3 is 3.11 bits per heavy atom. The highest BCUT2D eigenvalue weighted by molar-refractivity contribution is 5.56. The van der Waals surface area contributed by atoms with Crippen LogP contribution in [0.5, 0.6) is 0 Å². The number of nitro groups is 1. The van der Waals surface area contributed by atoms with Gasteiger partial charge in [0.15, 0.2) is 0 Å². The van der Waals surface area contributed by atoms with Crippen molar-refractivity contribution in [2.75, 3.05) is 18.5 Å². The monoisotopic (exact) mass is 248 g/mol. The molecule has 1 fully saturated rings. The van der Waals surface area contributed by atoms with Gasteiger partial charge >= 0.3 is 0 Å². The van der Waals surface area contributed by atoms with Crippen LogP contribution >= 0.6 is 0 Å². The number of hydrogen-bond acceptors (Lipinski definition) is 6. The van der Waals surface area contributed by atoms with Gasteiger partial charge in [0.2, 0.25) is 0 Å². The summed E-state index contributed by atoms with van der Waals surface area (Å²) in [6.45, 7) is 1.31. The van der Waals surface area contributed by atoms with Gasteiger partial charge in [-0.15, -0.1) is 0 Å². The van der Waals surface area contributed by atoms with E-state index in [0.29, 0.717) is 12.4 Å². The Morgan fingerprint density at radius 1 is 1.67 bits per heavy atom. The first-order valence-electron chi connectivity index (χ1n) is 5.59. The van der Waals surface area contributed by atoms with Crippen molar-refractivity contribution in [3.05, 3.63) is 27.9 Å². The van der Waals surface area contributed by atoms with Crippen LogP contribution in [0.3, 0.4) is 0 Å². The van der Waals surface area contributed by atoms with Gasteiger partial charge in [0, 0.05) is 12.7 Å². The molecule has 1 N–H and O–H groups in total. The first-order valence-corrected chi connectivity index (χ1v) is 5.59. The minimum absolute atomic E-state index is 0.0970.